The second kappa shape index (κ2) is 6.80. The van der Waals surface area contributed by atoms with Crippen LogP contribution in [0.5, 0.6) is 0 Å². The van der Waals surface area contributed by atoms with Crippen LogP contribution in [-0.2, 0) is 9.59 Å². The molecule has 1 heterocycles. The smallest absolute Gasteiger partial charge is 0.246 e. The van der Waals surface area contributed by atoms with Gasteiger partial charge in [-0.2, -0.15) is 0 Å². The number of hydrogen-bond acceptors (Lipinski definition) is 2. The van der Waals surface area contributed by atoms with Gasteiger partial charge in [-0.25, -0.2) is 0 Å². The second-order valence-electron chi connectivity index (χ2n) is 7.08. The van der Waals surface area contributed by atoms with Crippen LogP contribution in [0.3, 0.4) is 0 Å². The lowest BCUT2D eigenvalue weighted by Gasteiger charge is -2.46. The van der Waals surface area contributed by atoms with Crippen LogP contribution in [0.2, 0.25) is 0 Å². The molecular weight excluding hydrogens is 264 g/mol. The highest BCUT2D eigenvalue weighted by Gasteiger charge is 2.53. The molecule has 4 nitrogen and oxygen atoms in total. The molecular formula is C17H30N2O2. The molecule has 0 aromatic rings. The quantitative estimate of drug-likeness (QED) is 0.819. The molecule has 2 amide bonds. The number of carbonyl (C=O) groups excluding carboxylic acids is 2. The summed E-state index contributed by atoms with van der Waals surface area (Å²) < 4.78 is 0. The van der Waals surface area contributed by atoms with Crippen molar-refractivity contribution in [3.63, 3.8) is 0 Å². The van der Waals surface area contributed by atoms with E-state index >= 15 is 0 Å². The van der Waals surface area contributed by atoms with Crippen molar-refractivity contribution >= 4 is 11.8 Å². The summed E-state index contributed by atoms with van der Waals surface area (Å²) in [5.74, 6) is 0.898. The highest BCUT2D eigenvalue weighted by molar-refractivity contribution is 6.00. The van der Waals surface area contributed by atoms with Gasteiger partial charge in [-0.05, 0) is 38.0 Å². The van der Waals surface area contributed by atoms with Gasteiger partial charge in [-0.15, -0.1) is 0 Å². The maximum atomic E-state index is 12.8. The fraction of sp³-hybridized carbons (Fsp3) is 0.882. The molecule has 120 valence electrons. The lowest BCUT2D eigenvalue weighted by atomic mass is 9.88. The van der Waals surface area contributed by atoms with Crippen LogP contribution in [0.15, 0.2) is 0 Å². The first-order valence-corrected chi connectivity index (χ1v) is 8.63. The average molecular weight is 294 g/mol. The van der Waals surface area contributed by atoms with Crippen LogP contribution < -0.4 is 5.32 Å². The van der Waals surface area contributed by atoms with E-state index in [9.17, 15) is 9.59 Å². The van der Waals surface area contributed by atoms with Crippen LogP contribution >= 0.6 is 0 Å². The zero-order valence-corrected chi connectivity index (χ0v) is 13.8. The number of amides is 2. The van der Waals surface area contributed by atoms with Crippen LogP contribution in [0.25, 0.3) is 0 Å². The van der Waals surface area contributed by atoms with Crippen molar-refractivity contribution in [2.45, 2.75) is 83.7 Å². The Hall–Kier alpha value is -1.06. The predicted molar refractivity (Wildman–Crippen MR) is 83.8 cm³/mol. The summed E-state index contributed by atoms with van der Waals surface area (Å²) in [7, 11) is 0. The molecule has 0 bridgehead atoms. The fourth-order valence-corrected chi connectivity index (χ4v) is 3.80. The van der Waals surface area contributed by atoms with Gasteiger partial charge in [0.2, 0.25) is 11.8 Å². The normalized spacial score (nSPS) is 25.0. The van der Waals surface area contributed by atoms with Gasteiger partial charge in [-0.3, -0.25) is 9.59 Å². The third kappa shape index (κ3) is 3.24. The third-order valence-electron chi connectivity index (χ3n) is 4.98. The summed E-state index contributed by atoms with van der Waals surface area (Å²) in [5.41, 5.74) is -0.529. The zero-order chi connectivity index (χ0) is 15.5. The largest absolute Gasteiger partial charge is 0.342 e. The van der Waals surface area contributed by atoms with Gasteiger partial charge in [-0.1, -0.05) is 40.0 Å². The Balaban J connectivity index is 2.14. The molecule has 4 heteroatoms. The maximum Gasteiger partial charge on any atom is 0.246 e. The van der Waals surface area contributed by atoms with E-state index in [4.69, 9.17) is 0 Å². The molecule has 1 aliphatic carbocycles. The molecule has 1 saturated heterocycles. The van der Waals surface area contributed by atoms with E-state index in [2.05, 4.69) is 26.1 Å². The van der Waals surface area contributed by atoms with E-state index in [1.807, 2.05) is 4.90 Å². The van der Waals surface area contributed by atoms with Crippen molar-refractivity contribution in [3.05, 3.63) is 0 Å². The SMILES string of the molecule is CCCC1NC(=O)C2(CCCC2)N(CCCC(C)C)C1=O. The van der Waals surface area contributed by atoms with Crippen molar-refractivity contribution in [2.75, 3.05) is 6.54 Å². The summed E-state index contributed by atoms with van der Waals surface area (Å²) in [6, 6.07) is -0.298. The van der Waals surface area contributed by atoms with Gasteiger partial charge in [0.1, 0.15) is 11.6 Å². The lowest BCUT2D eigenvalue weighted by molar-refractivity contribution is -0.157. The maximum absolute atomic E-state index is 12.8. The number of rotatable bonds is 6. The third-order valence-corrected chi connectivity index (χ3v) is 4.98. The molecule has 0 aromatic carbocycles. The molecule has 1 unspecified atom stereocenters. The minimum absolute atomic E-state index is 0.0996. The summed E-state index contributed by atoms with van der Waals surface area (Å²) in [4.78, 5) is 27.4. The van der Waals surface area contributed by atoms with E-state index < -0.39 is 5.54 Å². The monoisotopic (exact) mass is 294 g/mol. The van der Waals surface area contributed by atoms with E-state index in [1.165, 1.54) is 0 Å². The highest BCUT2D eigenvalue weighted by Crippen LogP contribution is 2.38. The Labute approximate surface area is 128 Å². The Bertz CT molecular complexity index is 386. The zero-order valence-electron chi connectivity index (χ0n) is 13.8. The van der Waals surface area contributed by atoms with E-state index in [0.717, 1.165) is 57.9 Å². The van der Waals surface area contributed by atoms with Crippen molar-refractivity contribution < 1.29 is 9.59 Å². The molecule has 1 saturated carbocycles. The number of nitrogens with one attached hydrogen (secondary N) is 1. The molecule has 21 heavy (non-hydrogen) atoms. The van der Waals surface area contributed by atoms with Gasteiger partial charge in [0, 0.05) is 6.54 Å². The molecule has 1 spiro atoms. The molecule has 0 aromatic heterocycles. The van der Waals surface area contributed by atoms with Crippen LogP contribution in [-0.4, -0.2) is 34.8 Å². The van der Waals surface area contributed by atoms with Crippen LogP contribution in [0.4, 0.5) is 0 Å². The van der Waals surface area contributed by atoms with Gasteiger partial charge >= 0.3 is 0 Å². The number of piperazine rings is 1. The molecule has 2 aliphatic rings. The van der Waals surface area contributed by atoms with E-state index in [0.29, 0.717) is 5.92 Å². The Kier molecular flexibility index (Phi) is 5.28. The minimum atomic E-state index is -0.529. The fourth-order valence-electron chi connectivity index (χ4n) is 3.80. The lowest BCUT2D eigenvalue weighted by Crippen LogP contribution is -2.69. The topological polar surface area (TPSA) is 49.4 Å². The molecule has 1 aliphatic heterocycles. The van der Waals surface area contributed by atoms with Gasteiger partial charge < -0.3 is 10.2 Å². The average Bonchev–Trinajstić information content (AvgIpc) is 2.91. The summed E-state index contributed by atoms with van der Waals surface area (Å²) in [6.07, 6.45) is 7.57. The molecule has 2 fully saturated rings. The predicted octanol–water partition coefficient (Wildman–Crippen LogP) is 2.86. The first-order chi connectivity index (χ1) is 10.0. The standard InChI is InChI=1S/C17H30N2O2/c1-4-8-14-15(20)19(12-7-9-13(2)3)17(16(21)18-14)10-5-6-11-17/h13-14H,4-12H2,1-3H3,(H,18,21). The van der Waals surface area contributed by atoms with Crippen LogP contribution in [0.1, 0.15) is 72.1 Å². The van der Waals surface area contributed by atoms with Crippen molar-refractivity contribution in [3.8, 4) is 0 Å². The Morgan fingerprint density at radius 2 is 1.95 bits per heavy atom. The second-order valence-corrected chi connectivity index (χ2v) is 7.08. The minimum Gasteiger partial charge on any atom is -0.342 e. The van der Waals surface area contributed by atoms with Crippen LogP contribution in [0, 0.1) is 5.92 Å². The number of nitrogens with zero attached hydrogens (tertiary/aromatic N) is 1. The number of carbonyl (C=O) groups is 2. The summed E-state index contributed by atoms with van der Waals surface area (Å²) >= 11 is 0. The summed E-state index contributed by atoms with van der Waals surface area (Å²) in [6.45, 7) is 7.21. The summed E-state index contributed by atoms with van der Waals surface area (Å²) in [5, 5.41) is 3.00. The van der Waals surface area contributed by atoms with Gasteiger partial charge in [0.05, 0.1) is 0 Å². The Morgan fingerprint density at radius 3 is 2.52 bits per heavy atom. The van der Waals surface area contributed by atoms with E-state index in [-0.39, 0.29) is 17.9 Å². The molecule has 0 radical (unpaired) electrons. The van der Waals surface area contributed by atoms with E-state index in [1.54, 1.807) is 0 Å². The van der Waals surface area contributed by atoms with Gasteiger partial charge in [0.15, 0.2) is 0 Å². The van der Waals surface area contributed by atoms with Crippen molar-refractivity contribution in [2.24, 2.45) is 5.92 Å². The molecule has 2 rings (SSSR count). The first-order valence-electron chi connectivity index (χ1n) is 8.63. The molecule has 1 N–H and O–H groups in total. The molecule has 1 atom stereocenters. The van der Waals surface area contributed by atoms with Crippen molar-refractivity contribution in [1.29, 1.82) is 0 Å². The first kappa shape index (κ1) is 16.3. The van der Waals surface area contributed by atoms with Gasteiger partial charge in [0.25, 0.3) is 0 Å². The Morgan fingerprint density at radius 1 is 1.29 bits per heavy atom. The van der Waals surface area contributed by atoms with Crippen molar-refractivity contribution in [1.82, 2.24) is 10.2 Å². The highest BCUT2D eigenvalue weighted by atomic mass is 16.2. The number of hydrogen-bond donors (Lipinski definition) is 1.